The van der Waals surface area contributed by atoms with Crippen LogP contribution in [0.3, 0.4) is 0 Å². The molecular formula is C13H17N5O2. The molecule has 106 valence electrons. The van der Waals surface area contributed by atoms with Gasteiger partial charge in [-0.25, -0.2) is 4.79 Å². The van der Waals surface area contributed by atoms with Crippen LogP contribution in [0.1, 0.15) is 22.2 Å². The zero-order chi connectivity index (χ0) is 14.3. The van der Waals surface area contributed by atoms with E-state index in [-0.39, 0.29) is 11.6 Å². The van der Waals surface area contributed by atoms with Crippen molar-refractivity contribution in [2.75, 3.05) is 33.7 Å². The summed E-state index contributed by atoms with van der Waals surface area (Å²) in [6.07, 6.45) is 1.59. The van der Waals surface area contributed by atoms with Gasteiger partial charge in [-0.05, 0) is 26.2 Å². The third-order valence-electron chi connectivity index (χ3n) is 3.82. The van der Waals surface area contributed by atoms with Crippen LogP contribution in [0.2, 0.25) is 0 Å². The monoisotopic (exact) mass is 275 g/mol. The van der Waals surface area contributed by atoms with E-state index >= 15 is 0 Å². The lowest BCUT2D eigenvalue weighted by Crippen LogP contribution is -2.45. The van der Waals surface area contributed by atoms with Gasteiger partial charge in [0.25, 0.3) is 0 Å². The van der Waals surface area contributed by atoms with Crippen LogP contribution in [0.15, 0.2) is 18.3 Å². The molecule has 3 heterocycles. The number of aromatic carboxylic acids is 1. The molecule has 7 heteroatoms. The fourth-order valence-electron chi connectivity index (χ4n) is 2.55. The molecular weight excluding hydrogens is 258 g/mol. The van der Waals surface area contributed by atoms with E-state index in [0.717, 1.165) is 25.5 Å². The molecule has 1 saturated heterocycles. The van der Waals surface area contributed by atoms with Gasteiger partial charge in [0.1, 0.15) is 0 Å². The highest BCUT2D eigenvalue weighted by Gasteiger charge is 2.27. The molecule has 0 radical (unpaired) electrons. The topological polar surface area (TPSA) is 74.0 Å². The summed E-state index contributed by atoms with van der Waals surface area (Å²) >= 11 is 0. The van der Waals surface area contributed by atoms with Crippen LogP contribution < -0.4 is 0 Å². The number of carboxylic acid groups (broad SMARTS) is 1. The maximum atomic E-state index is 11.1. The molecule has 0 amide bonds. The van der Waals surface area contributed by atoms with Gasteiger partial charge >= 0.3 is 5.97 Å². The molecule has 0 unspecified atom stereocenters. The number of carboxylic acids is 1. The van der Waals surface area contributed by atoms with Crippen LogP contribution in [0, 0.1) is 0 Å². The number of nitrogens with zero attached hydrogens (tertiary/aromatic N) is 5. The van der Waals surface area contributed by atoms with E-state index in [4.69, 9.17) is 5.11 Å². The zero-order valence-corrected chi connectivity index (χ0v) is 11.5. The van der Waals surface area contributed by atoms with Crippen LogP contribution in [-0.4, -0.2) is 69.2 Å². The first kappa shape index (κ1) is 13.0. The molecule has 7 nitrogen and oxygen atoms in total. The van der Waals surface area contributed by atoms with E-state index in [1.807, 2.05) is 0 Å². The summed E-state index contributed by atoms with van der Waals surface area (Å²) in [5, 5.41) is 17.5. The van der Waals surface area contributed by atoms with Crippen molar-refractivity contribution in [2.45, 2.75) is 6.04 Å². The van der Waals surface area contributed by atoms with Crippen LogP contribution in [0.25, 0.3) is 5.65 Å². The second-order valence-corrected chi connectivity index (χ2v) is 5.27. The Morgan fingerprint density at radius 1 is 1.30 bits per heavy atom. The Labute approximate surface area is 116 Å². The minimum Gasteiger partial charge on any atom is -0.478 e. The van der Waals surface area contributed by atoms with E-state index in [1.165, 1.54) is 0 Å². The van der Waals surface area contributed by atoms with Crippen molar-refractivity contribution >= 4 is 11.6 Å². The maximum absolute atomic E-state index is 11.1. The minimum absolute atomic E-state index is 0.118. The Balaban J connectivity index is 2.06. The Kier molecular flexibility index (Phi) is 3.15. The number of carbonyl (C=O) groups is 1. The smallest absolute Gasteiger partial charge is 0.337 e. The van der Waals surface area contributed by atoms with Crippen molar-refractivity contribution in [3.8, 4) is 0 Å². The second-order valence-electron chi connectivity index (χ2n) is 5.27. The van der Waals surface area contributed by atoms with Gasteiger partial charge in [0.2, 0.25) is 0 Å². The van der Waals surface area contributed by atoms with Crippen molar-refractivity contribution in [1.29, 1.82) is 0 Å². The molecule has 1 aliphatic heterocycles. The molecule has 0 aliphatic carbocycles. The van der Waals surface area contributed by atoms with Gasteiger partial charge in [-0.15, -0.1) is 10.2 Å². The van der Waals surface area contributed by atoms with Crippen LogP contribution in [0.4, 0.5) is 0 Å². The van der Waals surface area contributed by atoms with Crippen molar-refractivity contribution < 1.29 is 9.90 Å². The quantitative estimate of drug-likeness (QED) is 0.852. The summed E-state index contributed by atoms with van der Waals surface area (Å²) in [6.45, 7) is 2.83. The third kappa shape index (κ3) is 2.14. The van der Waals surface area contributed by atoms with E-state index in [1.54, 1.807) is 22.7 Å². The average molecular weight is 275 g/mol. The fourth-order valence-corrected chi connectivity index (χ4v) is 2.55. The van der Waals surface area contributed by atoms with Gasteiger partial charge in [-0.3, -0.25) is 9.30 Å². The molecule has 1 fully saturated rings. The highest BCUT2D eigenvalue weighted by molar-refractivity contribution is 5.87. The molecule has 2 aromatic rings. The number of pyridine rings is 1. The number of hydrogen-bond acceptors (Lipinski definition) is 5. The lowest BCUT2D eigenvalue weighted by Gasteiger charge is -2.36. The van der Waals surface area contributed by atoms with Crippen LogP contribution >= 0.6 is 0 Å². The third-order valence-corrected chi connectivity index (χ3v) is 3.82. The van der Waals surface area contributed by atoms with Gasteiger partial charge < -0.3 is 10.0 Å². The van der Waals surface area contributed by atoms with Crippen molar-refractivity contribution in [1.82, 2.24) is 24.4 Å². The summed E-state index contributed by atoms with van der Waals surface area (Å²) in [4.78, 5) is 15.6. The van der Waals surface area contributed by atoms with E-state index in [2.05, 4.69) is 34.1 Å². The zero-order valence-electron chi connectivity index (χ0n) is 11.5. The number of piperazine rings is 1. The summed E-state index contributed by atoms with van der Waals surface area (Å²) in [5.41, 5.74) is 0.914. The first-order valence-electron chi connectivity index (χ1n) is 6.53. The summed E-state index contributed by atoms with van der Waals surface area (Å²) in [6, 6.07) is 3.35. The van der Waals surface area contributed by atoms with E-state index in [0.29, 0.717) is 5.65 Å². The number of aromatic nitrogens is 3. The molecule has 0 bridgehead atoms. The Bertz CT molecular complexity index is 653. The van der Waals surface area contributed by atoms with Crippen LogP contribution in [0.5, 0.6) is 0 Å². The molecule has 0 spiro atoms. The summed E-state index contributed by atoms with van der Waals surface area (Å²) in [5.74, 6) is -0.155. The standard InChI is InChI=1S/C13H17N5O2/c1-16-5-6-17(2)10(8-16)12-15-14-11-4-3-9(13(19)20)7-18(11)12/h3-4,7,10H,5-6,8H2,1-2H3,(H,19,20)/t10-/m0/s1. The highest BCUT2D eigenvalue weighted by Crippen LogP contribution is 2.22. The largest absolute Gasteiger partial charge is 0.478 e. The molecule has 1 atom stereocenters. The molecule has 3 rings (SSSR count). The van der Waals surface area contributed by atoms with E-state index < -0.39 is 5.97 Å². The number of likely N-dealkylation sites (N-methyl/N-ethyl adjacent to an activating group) is 2. The number of hydrogen-bond donors (Lipinski definition) is 1. The highest BCUT2D eigenvalue weighted by atomic mass is 16.4. The lowest BCUT2D eigenvalue weighted by molar-refractivity contribution is 0.0696. The molecule has 2 aromatic heterocycles. The second kappa shape index (κ2) is 4.84. The number of rotatable bonds is 2. The molecule has 1 N–H and O–H groups in total. The van der Waals surface area contributed by atoms with Gasteiger partial charge in [0.05, 0.1) is 11.6 Å². The molecule has 1 aliphatic rings. The fraction of sp³-hybridized carbons (Fsp3) is 0.462. The average Bonchev–Trinajstić information content (AvgIpc) is 2.84. The lowest BCUT2D eigenvalue weighted by atomic mass is 10.1. The van der Waals surface area contributed by atoms with Gasteiger partial charge in [-0.2, -0.15) is 0 Å². The van der Waals surface area contributed by atoms with Crippen LogP contribution in [-0.2, 0) is 0 Å². The maximum Gasteiger partial charge on any atom is 0.337 e. The van der Waals surface area contributed by atoms with Gasteiger partial charge in [-0.1, -0.05) is 0 Å². The minimum atomic E-state index is -0.944. The Morgan fingerprint density at radius 2 is 2.10 bits per heavy atom. The Morgan fingerprint density at radius 3 is 2.85 bits per heavy atom. The van der Waals surface area contributed by atoms with E-state index in [9.17, 15) is 4.79 Å². The SMILES string of the molecule is CN1CCN(C)[C@H](c2nnc3ccc(C(=O)O)cn23)C1. The van der Waals surface area contributed by atoms with Crippen molar-refractivity contribution in [2.24, 2.45) is 0 Å². The van der Waals surface area contributed by atoms with Gasteiger partial charge in [0, 0.05) is 25.8 Å². The predicted molar refractivity (Wildman–Crippen MR) is 72.8 cm³/mol. The molecule has 0 aromatic carbocycles. The first-order chi connectivity index (χ1) is 9.56. The summed E-state index contributed by atoms with van der Waals surface area (Å²) in [7, 11) is 4.13. The van der Waals surface area contributed by atoms with Crippen molar-refractivity contribution in [3.05, 3.63) is 29.7 Å². The molecule has 0 saturated carbocycles. The first-order valence-corrected chi connectivity index (χ1v) is 6.53. The Hall–Kier alpha value is -1.99. The van der Waals surface area contributed by atoms with Gasteiger partial charge in [0.15, 0.2) is 11.5 Å². The predicted octanol–water partition coefficient (Wildman–Crippen LogP) is 0.346. The molecule has 20 heavy (non-hydrogen) atoms. The van der Waals surface area contributed by atoms with Crippen molar-refractivity contribution in [3.63, 3.8) is 0 Å². The number of fused-ring (bicyclic) bond motifs is 1. The summed E-state index contributed by atoms with van der Waals surface area (Å²) < 4.78 is 1.78. The normalized spacial score (nSPS) is 21.4.